The second-order valence-electron chi connectivity index (χ2n) is 5.95. The number of allylic oxidation sites excluding steroid dienone is 6. The summed E-state index contributed by atoms with van der Waals surface area (Å²) in [5.74, 6) is 1.48. The van der Waals surface area contributed by atoms with Crippen LogP contribution in [0.4, 0.5) is 0 Å². The van der Waals surface area contributed by atoms with Gasteiger partial charge in [0.25, 0.3) is 0 Å². The molecule has 0 radical (unpaired) electrons. The van der Waals surface area contributed by atoms with Gasteiger partial charge in [-0.1, -0.05) is 42.4 Å². The van der Waals surface area contributed by atoms with Crippen LogP contribution >= 0.6 is 0 Å². The molecule has 0 spiro atoms. The van der Waals surface area contributed by atoms with E-state index in [0.717, 1.165) is 18.3 Å². The Labute approximate surface area is 118 Å². The molecule has 2 aliphatic rings. The van der Waals surface area contributed by atoms with Crippen LogP contribution in [0.3, 0.4) is 0 Å². The highest BCUT2D eigenvalue weighted by molar-refractivity contribution is 5.21. The van der Waals surface area contributed by atoms with Gasteiger partial charge in [-0.15, -0.1) is 0 Å². The van der Waals surface area contributed by atoms with Crippen molar-refractivity contribution in [1.82, 2.24) is 0 Å². The minimum Gasteiger partial charge on any atom is -0.396 e. The smallest absolute Gasteiger partial charge is 0.0433 e. The molecule has 0 aromatic heterocycles. The van der Waals surface area contributed by atoms with E-state index in [-0.39, 0.29) is 0 Å². The monoisotopic (exact) mass is 260 g/mol. The first-order valence-corrected chi connectivity index (χ1v) is 8.03. The molecule has 106 valence electrons. The Morgan fingerprint density at radius 3 is 3.00 bits per heavy atom. The Balaban J connectivity index is 1.63. The molecule has 1 unspecified atom stereocenters. The van der Waals surface area contributed by atoms with Gasteiger partial charge in [-0.05, 0) is 63.2 Å². The predicted octanol–water partition coefficient (Wildman–Crippen LogP) is 4.79. The van der Waals surface area contributed by atoms with E-state index in [1.807, 2.05) is 0 Å². The zero-order valence-corrected chi connectivity index (χ0v) is 12.1. The number of hydrogen-bond donors (Lipinski definition) is 1. The highest BCUT2D eigenvalue weighted by atomic mass is 16.3. The van der Waals surface area contributed by atoms with Gasteiger partial charge in [0, 0.05) is 6.61 Å². The van der Waals surface area contributed by atoms with E-state index >= 15 is 0 Å². The van der Waals surface area contributed by atoms with Crippen molar-refractivity contribution in [2.75, 3.05) is 6.61 Å². The van der Waals surface area contributed by atoms with Gasteiger partial charge in [0.05, 0.1) is 0 Å². The lowest BCUT2D eigenvalue weighted by atomic mass is 9.92. The first-order chi connectivity index (χ1) is 9.40. The van der Waals surface area contributed by atoms with Crippen LogP contribution < -0.4 is 0 Å². The normalized spacial score (nSPS) is 27.1. The quantitative estimate of drug-likeness (QED) is 0.515. The standard InChI is InChI=1S/C18H28O/c19-15-14-18-13-7-12-17(18)11-6-2-5-10-16-8-3-1-4-9-16/h3,6,8-9,11,17-19H,1-2,4-5,7,10,12-15H2/b11-6+/t17?,18-/m1/s1. The summed E-state index contributed by atoms with van der Waals surface area (Å²) in [6.45, 7) is 0.357. The molecule has 1 heteroatoms. The summed E-state index contributed by atoms with van der Waals surface area (Å²) in [7, 11) is 0. The number of hydrogen-bond acceptors (Lipinski definition) is 1. The first kappa shape index (κ1) is 14.6. The van der Waals surface area contributed by atoms with Gasteiger partial charge in [0.1, 0.15) is 0 Å². The van der Waals surface area contributed by atoms with Crippen molar-refractivity contribution in [2.45, 2.75) is 57.8 Å². The Bertz CT molecular complexity index is 338. The summed E-state index contributed by atoms with van der Waals surface area (Å²) in [5, 5.41) is 9.06. The largest absolute Gasteiger partial charge is 0.396 e. The van der Waals surface area contributed by atoms with Gasteiger partial charge in [0.2, 0.25) is 0 Å². The molecule has 2 atom stereocenters. The Morgan fingerprint density at radius 1 is 1.26 bits per heavy atom. The average Bonchev–Trinajstić information content (AvgIpc) is 2.88. The van der Waals surface area contributed by atoms with Crippen molar-refractivity contribution in [2.24, 2.45) is 11.8 Å². The minimum atomic E-state index is 0.357. The van der Waals surface area contributed by atoms with E-state index < -0.39 is 0 Å². The van der Waals surface area contributed by atoms with Crippen molar-refractivity contribution >= 4 is 0 Å². The molecule has 19 heavy (non-hydrogen) atoms. The molecule has 0 aromatic carbocycles. The van der Waals surface area contributed by atoms with Crippen molar-refractivity contribution in [3.8, 4) is 0 Å². The zero-order chi connectivity index (χ0) is 13.3. The predicted molar refractivity (Wildman–Crippen MR) is 82.0 cm³/mol. The molecular formula is C18H28O. The van der Waals surface area contributed by atoms with E-state index in [0.29, 0.717) is 6.61 Å². The molecule has 1 N–H and O–H groups in total. The lowest BCUT2D eigenvalue weighted by molar-refractivity contribution is 0.246. The van der Waals surface area contributed by atoms with Crippen LogP contribution in [0.5, 0.6) is 0 Å². The molecule has 0 heterocycles. The molecule has 0 bridgehead atoms. The lowest BCUT2D eigenvalue weighted by Crippen LogP contribution is -2.07. The fraction of sp³-hybridized carbons (Fsp3) is 0.667. The number of rotatable bonds is 7. The summed E-state index contributed by atoms with van der Waals surface area (Å²) >= 11 is 0. The van der Waals surface area contributed by atoms with Crippen LogP contribution in [-0.2, 0) is 0 Å². The van der Waals surface area contributed by atoms with Crippen molar-refractivity contribution in [3.63, 3.8) is 0 Å². The molecular weight excluding hydrogens is 232 g/mol. The third-order valence-corrected chi connectivity index (χ3v) is 4.51. The Morgan fingerprint density at radius 2 is 2.21 bits per heavy atom. The van der Waals surface area contributed by atoms with Gasteiger partial charge in [-0.25, -0.2) is 0 Å². The highest BCUT2D eigenvalue weighted by Gasteiger charge is 2.24. The van der Waals surface area contributed by atoms with E-state index in [9.17, 15) is 0 Å². The van der Waals surface area contributed by atoms with Crippen LogP contribution in [-0.4, -0.2) is 11.7 Å². The fourth-order valence-corrected chi connectivity index (χ4v) is 3.39. The maximum absolute atomic E-state index is 9.06. The van der Waals surface area contributed by atoms with Crippen molar-refractivity contribution in [3.05, 3.63) is 36.0 Å². The molecule has 2 rings (SSSR count). The molecule has 0 saturated heterocycles. The summed E-state index contributed by atoms with van der Waals surface area (Å²) in [5.41, 5.74) is 1.53. The van der Waals surface area contributed by atoms with Crippen LogP contribution in [0, 0.1) is 11.8 Å². The molecule has 2 aliphatic carbocycles. The van der Waals surface area contributed by atoms with Gasteiger partial charge in [-0.2, -0.15) is 0 Å². The third-order valence-electron chi connectivity index (χ3n) is 4.51. The van der Waals surface area contributed by atoms with Crippen LogP contribution in [0.15, 0.2) is 36.0 Å². The molecule has 0 aliphatic heterocycles. The van der Waals surface area contributed by atoms with Gasteiger partial charge in [-0.3, -0.25) is 0 Å². The van der Waals surface area contributed by atoms with E-state index in [4.69, 9.17) is 5.11 Å². The lowest BCUT2D eigenvalue weighted by Gasteiger charge is -2.14. The van der Waals surface area contributed by atoms with Crippen LogP contribution in [0.2, 0.25) is 0 Å². The maximum Gasteiger partial charge on any atom is 0.0433 e. The topological polar surface area (TPSA) is 20.2 Å². The number of aliphatic hydroxyl groups excluding tert-OH is 1. The average molecular weight is 260 g/mol. The summed E-state index contributed by atoms with van der Waals surface area (Å²) in [6, 6.07) is 0. The molecule has 1 fully saturated rings. The van der Waals surface area contributed by atoms with Crippen molar-refractivity contribution < 1.29 is 5.11 Å². The Hall–Kier alpha value is -0.820. The maximum atomic E-state index is 9.06. The minimum absolute atomic E-state index is 0.357. The first-order valence-electron chi connectivity index (χ1n) is 8.03. The van der Waals surface area contributed by atoms with Crippen LogP contribution in [0.25, 0.3) is 0 Å². The van der Waals surface area contributed by atoms with E-state index in [1.54, 1.807) is 0 Å². The summed E-state index contributed by atoms with van der Waals surface area (Å²) in [6.07, 6.45) is 22.9. The fourth-order valence-electron chi connectivity index (χ4n) is 3.39. The Kier molecular flexibility index (Phi) is 6.43. The SMILES string of the molecule is OCC[C@H]1CCCC1/C=C/CCCC1=CCCC=C1. The van der Waals surface area contributed by atoms with Gasteiger partial charge < -0.3 is 5.11 Å². The van der Waals surface area contributed by atoms with E-state index in [2.05, 4.69) is 30.4 Å². The van der Waals surface area contributed by atoms with E-state index in [1.165, 1.54) is 56.9 Å². The molecule has 1 saturated carbocycles. The van der Waals surface area contributed by atoms with Gasteiger partial charge in [0.15, 0.2) is 0 Å². The molecule has 0 aromatic rings. The van der Waals surface area contributed by atoms with Crippen molar-refractivity contribution in [1.29, 1.82) is 0 Å². The molecule has 0 amide bonds. The van der Waals surface area contributed by atoms with Crippen LogP contribution in [0.1, 0.15) is 57.8 Å². The number of unbranched alkanes of at least 4 members (excludes halogenated alkanes) is 1. The van der Waals surface area contributed by atoms with Gasteiger partial charge >= 0.3 is 0 Å². The zero-order valence-electron chi connectivity index (χ0n) is 12.1. The summed E-state index contributed by atoms with van der Waals surface area (Å²) in [4.78, 5) is 0. The third kappa shape index (κ3) is 4.99. The number of aliphatic hydroxyl groups is 1. The molecule has 1 nitrogen and oxygen atoms in total. The second kappa shape index (κ2) is 8.37. The summed E-state index contributed by atoms with van der Waals surface area (Å²) < 4.78 is 0. The highest BCUT2D eigenvalue weighted by Crippen LogP contribution is 2.34. The second-order valence-corrected chi connectivity index (χ2v) is 5.95.